The summed E-state index contributed by atoms with van der Waals surface area (Å²) in [5, 5.41) is 10.2. The summed E-state index contributed by atoms with van der Waals surface area (Å²) in [7, 11) is 0. The van der Waals surface area contributed by atoms with E-state index < -0.39 is 5.67 Å². The second-order valence-corrected chi connectivity index (χ2v) is 12.5. The first-order valence-corrected chi connectivity index (χ1v) is 12.6. The Bertz CT molecular complexity index is 633. The van der Waals surface area contributed by atoms with Gasteiger partial charge in [-0.05, 0) is 112 Å². The molecule has 8 unspecified atom stereocenters. The minimum Gasteiger partial charge on any atom is -0.393 e. The Morgan fingerprint density at radius 1 is 1.14 bits per heavy atom. The summed E-state index contributed by atoms with van der Waals surface area (Å²) >= 11 is 0. The van der Waals surface area contributed by atoms with Crippen molar-refractivity contribution in [3.8, 4) is 0 Å². The van der Waals surface area contributed by atoms with Gasteiger partial charge in [0.05, 0.1) is 6.10 Å². The highest BCUT2D eigenvalue weighted by Crippen LogP contribution is 2.67. The lowest BCUT2D eigenvalue weighted by Crippen LogP contribution is -2.50. The third kappa shape index (κ3) is 3.85. The van der Waals surface area contributed by atoms with E-state index in [9.17, 15) is 9.50 Å². The van der Waals surface area contributed by atoms with Crippen molar-refractivity contribution in [2.45, 2.75) is 117 Å². The first-order valence-electron chi connectivity index (χ1n) is 12.6. The average molecular weight is 405 g/mol. The van der Waals surface area contributed by atoms with Crippen LogP contribution in [0.1, 0.15) is 105 Å². The highest BCUT2D eigenvalue weighted by atomic mass is 19.1. The van der Waals surface area contributed by atoms with E-state index in [4.69, 9.17) is 0 Å². The molecule has 4 aliphatic rings. The van der Waals surface area contributed by atoms with Crippen LogP contribution in [-0.4, -0.2) is 16.9 Å². The normalized spacial score (nSPS) is 45.8. The molecule has 4 aliphatic carbocycles. The fraction of sp³-hybridized carbons (Fsp3) is 0.926. The van der Waals surface area contributed by atoms with Gasteiger partial charge in [-0.15, -0.1) is 0 Å². The molecule has 8 atom stereocenters. The first-order chi connectivity index (χ1) is 13.5. The second kappa shape index (κ2) is 7.64. The van der Waals surface area contributed by atoms with Gasteiger partial charge < -0.3 is 5.11 Å². The SMILES string of the molecule is CC(CCCC(C)(C)F)C1CCC2C3CC=C4CC(O)CCC4(C)C3CCC12C. The van der Waals surface area contributed by atoms with Crippen molar-refractivity contribution in [2.75, 3.05) is 0 Å². The average Bonchev–Trinajstić information content (AvgIpc) is 2.98. The van der Waals surface area contributed by atoms with Crippen molar-refractivity contribution in [1.29, 1.82) is 0 Å². The van der Waals surface area contributed by atoms with Gasteiger partial charge in [0, 0.05) is 0 Å². The van der Waals surface area contributed by atoms with E-state index in [1.54, 1.807) is 19.4 Å². The van der Waals surface area contributed by atoms with Gasteiger partial charge in [0.25, 0.3) is 0 Å². The summed E-state index contributed by atoms with van der Waals surface area (Å²) in [4.78, 5) is 0. The summed E-state index contributed by atoms with van der Waals surface area (Å²) < 4.78 is 13.9. The molecular formula is C27H45FO. The van der Waals surface area contributed by atoms with Gasteiger partial charge in [0.1, 0.15) is 5.67 Å². The zero-order chi connectivity index (χ0) is 21.0. The Hall–Kier alpha value is -0.370. The van der Waals surface area contributed by atoms with Crippen LogP contribution in [0.4, 0.5) is 4.39 Å². The van der Waals surface area contributed by atoms with Gasteiger partial charge in [0.2, 0.25) is 0 Å². The van der Waals surface area contributed by atoms with E-state index in [1.807, 2.05) is 0 Å². The molecule has 1 nitrogen and oxygen atoms in total. The van der Waals surface area contributed by atoms with Crippen LogP contribution in [0.5, 0.6) is 0 Å². The number of fused-ring (bicyclic) bond motifs is 5. The minimum atomic E-state index is -1.02. The van der Waals surface area contributed by atoms with Crippen LogP contribution in [0.25, 0.3) is 0 Å². The van der Waals surface area contributed by atoms with Gasteiger partial charge in [-0.25, -0.2) is 4.39 Å². The number of alkyl halides is 1. The van der Waals surface area contributed by atoms with E-state index in [0.717, 1.165) is 48.9 Å². The van der Waals surface area contributed by atoms with Crippen LogP contribution in [0.15, 0.2) is 11.6 Å². The third-order valence-corrected chi connectivity index (χ3v) is 10.3. The number of aliphatic hydroxyl groups is 1. The lowest BCUT2D eigenvalue weighted by atomic mass is 9.47. The van der Waals surface area contributed by atoms with Crippen LogP contribution in [0.3, 0.4) is 0 Å². The molecule has 0 aromatic carbocycles. The largest absolute Gasteiger partial charge is 0.393 e. The predicted octanol–water partition coefficient (Wildman–Crippen LogP) is 7.48. The number of halogens is 1. The highest BCUT2D eigenvalue weighted by Gasteiger charge is 2.59. The molecule has 0 aromatic heterocycles. The third-order valence-electron chi connectivity index (χ3n) is 10.3. The Morgan fingerprint density at radius 3 is 2.62 bits per heavy atom. The molecule has 0 spiro atoms. The highest BCUT2D eigenvalue weighted by molar-refractivity contribution is 5.25. The zero-order valence-electron chi connectivity index (χ0n) is 19.6. The zero-order valence-corrected chi connectivity index (χ0v) is 19.6. The van der Waals surface area contributed by atoms with Gasteiger partial charge >= 0.3 is 0 Å². The van der Waals surface area contributed by atoms with Gasteiger partial charge in [-0.2, -0.15) is 0 Å². The van der Waals surface area contributed by atoms with E-state index in [1.165, 1.54) is 44.9 Å². The summed E-state index contributed by atoms with van der Waals surface area (Å²) in [6.07, 6.45) is 15.3. The number of allylic oxidation sites excluding steroid dienone is 1. The minimum absolute atomic E-state index is 0.106. The fourth-order valence-electron chi connectivity index (χ4n) is 8.66. The van der Waals surface area contributed by atoms with Crippen molar-refractivity contribution >= 4 is 0 Å². The van der Waals surface area contributed by atoms with E-state index in [0.29, 0.717) is 17.3 Å². The van der Waals surface area contributed by atoms with E-state index in [-0.39, 0.29) is 6.10 Å². The molecule has 29 heavy (non-hydrogen) atoms. The molecule has 4 rings (SSSR count). The molecule has 0 aromatic rings. The Balaban J connectivity index is 1.47. The van der Waals surface area contributed by atoms with E-state index in [2.05, 4.69) is 26.8 Å². The fourth-order valence-corrected chi connectivity index (χ4v) is 8.66. The topological polar surface area (TPSA) is 20.2 Å². The first kappa shape index (κ1) is 21.8. The van der Waals surface area contributed by atoms with Crippen molar-refractivity contribution in [1.82, 2.24) is 0 Å². The molecule has 1 N–H and O–H groups in total. The van der Waals surface area contributed by atoms with E-state index >= 15 is 0 Å². The number of hydrogen-bond donors (Lipinski definition) is 1. The van der Waals surface area contributed by atoms with Crippen molar-refractivity contribution < 1.29 is 9.50 Å². The summed E-state index contributed by atoms with van der Waals surface area (Å²) in [5.41, 5.74) is 1.40. The van der Waals surface area contributed by atoms with Crippen molar-refractivity contribution in [3.63, 3.8) is 0 Å². The summed E-state index contributed by atoms with van der Waals surface area (Å²) in [6, 6.07) is 0. The Kier molecular flexibility index (Phi) is 5.76. The molecule has 0 bridgehead atoms. The molecule has 0 heterocycles. The van der Waals surface area contributed by atoms with Crippen molar-refractivity contribution in [3.05, 3.63) is 11.6 Å². The Labute approximate surface area is 178 Å². The molecule has 2 heteroatoms. The lowest BCUT2D eigenvalue weighted by molar-refractivity contribution is -0.0574. The maximum atomic E-state index is 13.9. The number of aliphatic hydroxyl groups excluding tert-OH is 1. The second-order valence-electron chi connectivity index (χ2n) is 12.5. The van der Waals surface area contributed by atoms with Crippen LogP contribution >= 0.6 is 0 Å². The molecule has 3 fully saturated rings. The van der Waals surface area contributed by atoms with Gasteiger partial charge in [0.15, 0.2) is 0 Å². The monoisotopic (exact) mass is 404 g/mol. The molecule has 0 saturated heterocycles. The molecule has 0 amide bonds. The number of rotatable bonds is 5. The molecular weight excluding hydrogens is 359 g/mol. The maximum Gasteiger partial charge on any atom is 0.105 e. The maximum absolute atomic E-state index is 13.9. The van der Waals surface area contributed by atoms with Gasteiger partial charge in [-0.1, -0.05) is 45.3 Å². The standard InChI is InChI=1S/C27H45FO/c1-18(7-6-14-25(2,3)28)22-10-11-23-21-9-8-19-17-20(29)12-15-26(19,4)24(21)13-16-27(22,23)5/h8,18,20-24,29H,6-7,9-17H2,1-5H3. The van der Waals surface area contributed by atoms with Crippen molar-refractivity contribution in [2.24, 2.45) is 40.4 Å². The van der Waals surface area contributed by atoms with Crippen LogP contribution in [0.2, 0.25) is 0 Å². The Morgan fingerprint density at radius 2 is 1.90 bits per heavy atom. The molecule has 166 valence electrons. The lowest BCUT2D eigenvalue weighted by Gasteiger charge is -2.58. The van der Waals surface area contributed by atoms with Crippen LogP contribution in [0, 0.1) is 40.4 Å². The molecule has 3 saturated carbocycles. The predicted molar refractivity (Wildman–Crippen MR) is 119 cm³/mol. The summed E-state index contributed by atoms with van der Waals surface area (Å²) in [6.45, 7) is 11.0. The van der Waals surface area contributed by atoms with Gasteiger partial charge in [-0.3, -0.25) is 0 Å². The van der Waals surface area contributed by atoms with Crippen LogP contribution < -0.4 is 0 Å². The van der Waals surface area contributed by atoms with Crippen LogP contribution in [-0.2, 0) is 0 Å². The molecule has 0 radical (unpaired) electrons. The number of hydrogen-bond acceptors (Lipinski definition) is 1. The smallest absolute Gasteiger partial charge is 0.105 e. The molecule has 0 aliphatic heterocycles. The summed E-state index contributed by atoms with van der Waals surface area (Å²) in [5.74, 6) is 4.09. The quantitative estimate of drug-likeness (QED) is 0.471.